The number of carbonyl (C=O) groups excluding carboxylic acids is 1. The van der Waals surface area contributed by atoms with E-state index in [1.807, 2.05) is 45.0 Å². The molecule has 146 valence electrons. The van der Waals surface area contributed by atoms with E-state index in [2.05, 4.69) is 15.1 Å². The van der Waals surface area contributed by atoms with Crippen LogP contribution in [0.3, 0.4) is 0 Å². The lowest BCUT2D eigenvalue weighted by atomic mass is 10.1. The Hall–Kier alpha value is -3.61. The Morgan fingerprint density at radius 1 is 1.03 bits per heavy atom. The molecular formula is C22H22N6O. The number of benzene rings is 1. The summed E-state index contributed by atoms with van der Waals surface area (Å²) >= 11 is 0. The lowest BCUT2D eigenvalue weighted by Gasteiger charge is -2.20. The van der Waals surface area contributed by atoms with Gasteiger partial charge in [0, 0.05) is 37.2 Å². The number of aromatic nitrogens is 5. The first-order chi connectivity index (χ1) is 13.8. The first-order valence-corrected chi connectivity index (χ1v) is 9.33. The summed E-state index contributed by atoms with van der Waals surface area (Å²) in [5, 5.41) is 4.07. The van der Waals surface area contributed by atoms with Gasteiger partial charge in [0.05, 0.1) is 11.7 Å². The number of aryl methyl sites for hydroxylation is 4. The minimum absolute atomic E-state index is 0.111. The van der Waals surface area contributed by atoms with Crippen LogP contribution in [0.5, 0.6) is 0 Å². The van der Waals surface area contributed by atoms with Crippen molar-refractivity contribution in [2.45, 2.75) is 20.8 Å². The SMILES string of the molecule is Cc1cc(C)c2nc(-c3ccc(N(C)C(=O)c4ccnn4C)c(C)c3)ncc2n1. The number of pyridine rings is 1. The van der Waals surface area contributed by atoms with Gasteiger partial charge in [-0.15, -0.1) is 0 Å². The summed E-state index contributed by atoms with van der Waals surface area (Å²) in [7, 11) is 3.52. The molecule has 0 aliphatic carbocycles. The first kappa shape index (κ1) is 18.7. The second-order valence-electron chi connectivity index (χ2n) is 7.21. The van der Waals surface area contributed by atoms with E-state index in [9.17, 15) is 4.79 Å². The fraction of sp³-hybridized carbons (Fsp3) is 0.227. The average molecular weight is 386 g/mol. The van der Waals surface area contributed by atoms with Gasteiger partial charge in [-0.25, -0.2) is 15.0 Å². The maximum atomic E-state index is 12.8. The smallest absolute Gasteiger partial charge is 0.276 e. The lowest BCUT2D eigenvalue weighted by molar-refractivity contribution is 0.0984. The van der Waals surface area contributed by atoms with Crippen LogP contribution in [0.25, 0.3) is 22.4 Å². The van der Waals surface area contributed by atoms with Crippen LogP contribution in [0, 0.1) is 20.8 Å². The normalized spacial score (nSPS) is 11.1. The molecule has 0 bridgehead atoms. The van der Waals surface area contributed by atoms with Crippen molar-refractivity contribution in [2.24, 2.45) is 7.05 Å². The predicted octanol–water partition coefficient (Wildman–Crippen LogP) is 3.63. The summed E-state index contributed by atoms with van der Waals surface area (Å²) in [6.07, 6.45) is 3.38. The zero-order valence-corrected chi connectivity index (χ0v) is 17.1. The second kappa shape index (κ2) is 7.09. The zero-order chi connectivity index (χ0) is 20.7. The number of amides is 1. The molecule has 0 aliphatic heterocycles. The van der Waals surface area contributed by atoms with E-state index in [4.69, 9.17) is 4.98 Å². The number of anilines is 1. The molecule has 7 nitrogen and oxygen atoms in total. The highest BCUT2D eigenvalue weighted by atomic mass is 16.2. The Balaban J connectivity index is 1.69. The molecule has 4 aromatic rings. The first-order valence-electron chi connectivity index (χ1n) is 9.33. The number of hydrogen-bond donors (Lipinski definition) is 0. The van der Waals surface area contributed by atoms with Crippen LogP contribution in [-0.2, 0) is 7.05 Å². The number of rotatable bonds is 3. The van der Waals surface area contributed by atoms with E-state index < -0.39 is 0 Å². The predicted molar refractivity (Wildman–Crippen MR) is 113 cm³/mol. The van der Waals surface area contributed by atoms with Crippen LogP contribution in [0.4, 0.5) is 5.69 Å². The minimum Gasteiger partial charge on any atom is -0.310 e. The molecule has 1 aromatic carbocycles. The van der Waals surface area contributed by atoms with Gasteiger partial charge in [-0.3, -0.25) is 9.48 Å². The van der Waals surface area contributed by atoms with Gasteiger partial charge in [-0.2, -0.15) is 5.10 Å². The standard InChI is InChI=1S/C22H22N6O/c1-13-11-16(21-23-12-17-20(26-21)14(2)10-15(3)25-17)6-7-18(13)27(4)22(29)19-8-9-24-28(19)5/h6-12H,1-5H3. The van der Waals surface area contributed by atoms with Gasteiger partial charge in [0.15, 0.2) is 5.82 Å². The Bertz CT molecular complexity index is 1240. The molecule has 0 radical (unpaired) electrons. The van der Waals surface area contributed by atoms with Crippen molar-refractivity contribution in [2.75, 3.05) is 11.9 Å². The summed E-state index contributed by atoms with van der Waals surface area (Å²) < 4.78 is 1.57. The summed E-state index contributed by atoms with van der Waals surface area (Å²) in [5.41, 5.74) is 6.89. The molecule has 3 aromatic heterocycles. The fourth-order valence-electron chi connectivity index (χ4n) is 3.53. The van der Waals surface area contributed by atoms with Crippen molar-refractivity contribution < 1.29 is 4.79 Å². The van der Waals surface area contributed by atoms with Crippen molar-refractivity contribution in [1.29, 1.82) is 0 Å². The van der Waals surface area contributed by atoms with E-state index >= 15 is 0 Å². The van der Waals surface area contributed by atoms with Gasteiger partial charge in [0.1, 0.15) is 11.2 Å². The molecule has 4 rings (SSSR count). The van der Waals surface area contributed by atoms with Crippen LogP contribution >= 0.6 is 0 Å². The van der Waals surface area contributed by atoms with Gasteiger partial charge in [-0.05, 0) is 62.2 Å². The molecule has 29 heavy (non-hydrogen) atoms. The monoisotopic (exact) mass is 386 g/mol. The van der Waals surface area contributed by atoms with E-state index in [-0.39, 0.29) is 5.91 Å². The number of carbonyl (C=O) groups is 1. The molecule has 0 unspecified atom stereocenters. The average Bonchev–Trinajstić information content (AvgIpc) is 3.12. The lowest BCUT2D eigenvalue weighted by Crippen LogP contribution is -2.28. The third-order valence-corrected chi connectivity index (χ3v) is 5.03. The summed E-state index contributed by atoms with van der Waals surface area (Å²) in [5.74, 6) is 0.529. The third-order valence-electron chi connectivity index (χ3n) is 5.03. The minimum atomic E-state index is -0.111. The summed E-state index contributed by atoms with van der Waals surface area (Å²) in [4.78, 5) is 28.1. The largest absolute Gasteiger partial charge is 0.310 e. The van der Waals surface area contributed by atoms with Crippen molar-refractivity contribution in [1.82, 2.24) is 24.7 Å². The molecule has 0 saturated carbocycles. The van der Waals surface area contributed by atoms with Crippen molar-refractivity contribution in [3.63, 3.8) is 0 Å². The van der Waals surface area contributed by atoms with Crippen molar-refractivity contribution in [3.05, 3.63) is 65.2 Å². The van der Waals surface area contributed by atoms with Crippen molar-refractivity contribution >= 4 is 22.6 Å². The van der Waals surface area contributed by atoms with Crippen LogP contribution in [0.15, 0.2) is 42.7 Å². The Morgan fingerprint density at radius 3 is 2.52 bits per heavy atom. The highest BCUT2D eigenvalue weighted by Crippen LogP contribution is 2.27. The third kappa shape index (κ3) is 3.35. The Kier molecular flexibility index (Phi) is 4.58. The summed E-state index contributed by atoms with van der Waals surface area (Å²) in [6.45, 7) is 5.97. The Morgan fingerprint density at radius 2 is 1.83 bits per heavy atom. The van der Waals surface area contributed by atoms with E-state index in [0.717, 1.165) is 39.1 Å². The summed E-state index contributed by atoms with van der Waals surface area (Å²) in [6, 6.07) is 9.59. The van der Waals surface area contributed by atoms with Gasteiger partial charge in [0.2, 0.25) is 0 Å². The molecule has 3 heterocycles. The molecule has 1 amide bonds. The van der Waals surface area contributed by atoms with Crippen molar-refractivity contribution in [3.8, 4) is 11.4 Å². The molecule has 0 spiro atoms. The van der Waals surface area contributed by atoms with Gasteiger partial charge >= 0.3 is 0 Å². The maximum Gasteiger partial charge on any atom is 0.276 e. The second-order valence-corrected chi connectivity index (χ2v) is 7.21. The molecule has 0 aliphatic rings. The van der Waals surface area contributed by atoms with Crippen LogP contribution < -0.4 is 4.90 Å². The highest BCUT2D eigenvalue weighted by molar-refractivity contribution is 6.05. The number of hydrogen-bond acceptors (Lipinski definition) is 5. The molecule has 0 fully saturated rings. The number of nitrogens with zero attached hydrogens (tertiary/aromatic N) is 6. The quantitative estimate of drug-likeness (QED) is 0.537. The number of fused-ring (bicyclic) bond motifs is 1. The molecule has 0 N–H and O–H groups in total. The maximum absolute atomic E-state index is 12.8. The van der Waals surface area contributed by atoms with Crippen LogP contribution in [0.1, 0.15) is 27.3 Å². The molecule has 7 heteroatoms. The van der Waals surface area contributed by atoms with E-state index in [1.54, 1.807) is 42.1 Å². The zero-order valence-electron chi connectivity index (χ0n) is 17.1. The van der Waals surface area contributed by atoms with Gasteiger partial charge in [-0.1, -0.05) is 0 Å². The Labute approximate surface area is 169 Å². The van der Waals surface area contributed by atoms with Gasteiger partial charge in [0.25, 0.3) is 5.91 Å². The van der Waals surface area contributed by atoms with Crippen LogP contribution in [0.2, 0.25) is 0 Å². The fourth-order valence-corrected chi connectivity index (χ4v) is 3.53. The van der Waals surface area contributed by atoms with E-state index in [0.29, 0.717) is 11.5 Å². The molecule has 0 atom stereocenters. The molecule has 0 saturated heterocycles. The van der Waals surface area contributed by atoms with Crippen LogP contribution in [-0.4, -0.2) is 37.7 Å². The highest BCUT2D eigenvalue weighted by Gasteiger charge is 2.18. The molecular weight excluding hydrogens is 364 g/mol. The van der Waals surface area contributed by atoms with Gasteiger partial charge < -0.3 is 4.90 Å². The topological polar surface area (TPSA) is 76.8 Å². The van der Waals surface area contributed by atoms with E-state index in [1.165, 1.54) is 0 Å².